The second-order valence-corrected chi connectivity index (χ2v) is 7.26. The van der Waals surface area contributed by atoms with Crippen LogP contribution in [0.4, 0.5) is 0 Å². The van der Waals surface area contributed by atoms with E-state index in [1.54, 1.807) is 0 Å². The Kier molecular flexibility index (Phi) is 3.53. The van der Waals surface area contributed by atoms with Gasteiger partial charge in [0, 0.05) is 22.3 Å². The third-order valence-corrected chi connectivity index (χ3v) is 5.72. The van der Waals surface area contributed by atoms with Gasteiger partial charge in [0.25, 0.3) is 0 Å². The Morgan fingerprint density at radius 2 is 1.80 bits per heavy atom. The Balaban J connectivity index is 1.68. The summed E-state index contributed by atoms with van der Waals surface area (Å²) in [6, 6.07) is 17.2. The van der Waals surface area contributed by atoms with Gasteiger partial charge in [-0.1, -0.05) is 29.8 Å². The van der Waals surface area contributed by atoms with Gasteiger partial charge in [-0.15, -0.1) is 0 Å². The predicted molar refractivity (Wildman–Crippen MR) is 103 cm³/mol. The van der Waals surface area contributed by atoms with Crippen LogP contribution < -0.4 is 0 Å². The van der Waals surface area contributed by atoms with Crippen LogP contribution >= 0.6 is 11.6 Å². The lowest BCUT2D eigenvalue weighted by atomic mass is 9.89. The molecule has 0 saturated heterocycles. The molecule has 0 saturated carbocycles. The Labute approximate surface area is 152 Å². The highest BCUT2D eigenvalue weighted by atomic mass is 35.5. The minimum absolute atomic E-state index is 0.614. The van der Waals surface area contributed by atoms with E-state index >= 15 is 0 Å². The normalized spacial score (nSPS) is 15.6. The standard InChI is InChI=1S/C22H19ClN2/c23-19-7-3-8-20-18(19)14-24-22(21-9-4-12-25(20)21)17-11-10-15-5-1-2-6-16(15)13-17/h3-4,7-13H,1-2,5-6,14H2. The van der Waals surface area contributed by atoms with Crippen LogP contribution in [0, 0.1) is 0 Å². The molecule has 124 valence electrons. The fourth-order valence-corrected chi connectivity index (χ4v) is 4.30. The molecule has 0 N–H and O–H groups in total. The molecule has 1 aliphatic carbocycles. The minimum atomic E-state index is 0.614. The van der Waals surface area contributed by atoms with Gasteiger partial charge < -0.3 is 4.57 Å². The van der Waals surface area contributed by atoms with E-state index in [4.69, 9.17) is 16.6 Å². The number of aliphatic imine (C=N–C) groups is 1. The van der Waals surface area contributed by atoms with Crippen LogP contribution in [0.1, 0.15) is 40.8 Å². The summed E-state index contributed by atoms with van der Waals surface area (Å²) in [5.41, 5.74) is 8.63. The summed E-state index contributed by atoms with van der Waals surface area (Å²) in [6.45, 7) is 0.614. The fraction of sp³-hybridized carbons (Fsp3) is 0.227. The number of halogens is 1. The number of aromatic nitrogens is 1. The first kappa shape index (κ1) is 15.0. The molecule has 1 aliphatic heterocycles. The van der Waals surface area contributed by atoms with E-state index in [1.165, 1.54) is 42.4 Å². The molecular weight excluding hydrogens is 328 g/mol. The van der Waals surface area contributed by atoms with Crippen molar-refractivity contribution < 1.29 is 0 Å². The zero-order valence-corrected chi connectivity index (χ0v) is 14.8. The van der Waals surface area contributed by atoms with Gasteiger partial charge in [-0.25, -0.2) is 0 Å². The topological polar surface area (TPSA) is 17.3 Å². The number of aryl methyl sites for hydroxylation is 2. The zero-order chi connectivity index (χ0) is 16.8. The minimum Gasteiger partial charge on any atom is -0.315 e. The first-order valence-electron chi connectivity index (χ1n) is 8.93. The van der Waals surface area contributed by atoms with E-state index in [0.29, 0.717) is 6.54 Å². The molecule has 25 heavy (non-hydrogen) atoms. The van der Waals surface area contributed by atoms with Crippen molar-refractivity contribution in [1.29, 1.82) is 0 Å². The Morgan fingerprint density at radius 3 is 2.72 bits per heavy atom. The summed E-state index contributed by atoms with van der Waals surface area (Å²) < 4.78 is 2.21. The van der Waals surface area contributed by atoms with Gasteiger partial charge in [0.1, 0.15) is 0 Å². The monoisotopic (exact) mass is 346 g/mol. The third-order valence-electron chi connectivity index (χ3n) is 5.36. The maximum Gasteiger partial charge on any atom is 0.0891 e. The van der Waals surface area contributed by atoms with Gasteiger partial charge in [0.05, 0.1) is 23.6 Å². The summed E-state index contributed by atoms with van der Waals surface area (Å²) in [6.07, 6.45) is 7.09. The molecule has 3 aromatic rings. The van der Waals surface area contributed by atoms with Crippen molar-refractivity contribution >= 4 is 17.3 Å². The van der Waals surface area contributed by atoms with Gasteiger partial charge in [-0.3, -0.25) is 4.99 Å². The van der Waals surface area contributed by atoms with Crippen molar-refractivity contribution in [3.05, 3.63) is 87.7 Å². The SMILES string of the molecule is Clc1cccc2c1CN=C(c1ccc3c(c1)CCCC3)c1cccn1-2. The highest BCUT2D eigenvalue weighted by Gasteiger charge is 2.20. The zero-order valence-electron chi connectivity index (χ0n) is 14.0. The van der Waals surface area contributed by atoms with Crippen LogP contribution in [-0.2, 0) is 19.4 Å². The number of nitrogens with zero attached hydrogens (tertiary/aromatic N) is 2. The average Bonchev–Trinajstić information content (AvgIpc) is 3.06. The summed E-state index contributed by atoms with van der Waals surface area (Å²) in [5, 5.41) is 0.785. The van der Waals surface area contributed by atoms with Crippen molar-refractivity contribution in [3.8, 4) is 5.69 Å². The Bertz CT molecular complexity index is 997. The van der Waals surface area contributed by atoms with E-state index in [2.05, 4.69) is 47.2 Å². The molecular formula is C22H19ClN2. The highest BCUT2D eigenvalue weighted by molar-refractivity contribution is 6.31. The second kappa shape index (κ2) is 5.89. The second-order valence-electron chi connectivity index (χ2n) is 6.86. The number of hydrogen-bond donors (Lipinski definition) is 0. The summed E-state index contributed by atoms with van der Waals surface area (Å²) in [4.78, 5) is 4.97. The summed E-state index contributed by atoms with van der Waals surface area (Å²) >= 11 is 6.45. The van der Waals surface area contributed by atoms with Gasteiger partial charge in [-0.05, 0) is 67.1 Å². The van der Waals surface area contributed by atoms with Gasteiger partial charge in [0.15, 0.2) is 0 Å². The number of benzene rings is 2. The Morgan fingerprint density at radius 1 is 0.920 bits per heavy atom. The third kappa shape index (κ3) is 2.44. The van der Waals surface area contributed by atoms with E-state index < -0.39 is 0 Å². The molecule has 2 aliphatic rings. The smallest absolute Gasteiger partial charge is 0.0891 e. The summed E-state index contributed by atoms with van der Waals surface area (Å²) in [5.74, 6) is 0. The highest BCUT2D eigenvalue weighted by Crippen LogP contribution is 2.30. The summed E-state index contributed by atoms with van der Waals surface area (Å²) in [7, 11) is 0. The van der Waals surface area contributed by atoms with E-state index in [9.17, 15) is 0 Å². The molecule has 0 spiro atoms. The molecule has 5 rings (SSSR count). The van der Waals surface area contributed by atoms with Gasteiger partial charge in [0.2, 0.25) is 0 Å². The average molecular weight is 347 g/mol. The van der Waals surface area contributed by atoms with E-state index in [1.807, 2.05) is 12.1 Å². The first-order valence-corrected chi connectivity index (χ1v) is 9.31. The van der Waals surface area contributed by atoms with Crippen molar-refractivity contribution in [2.45, 2.75) is 32.2 Å². The lowest BCUT2D eigenvalue weighted by Crippen LogP contribution is -2.10. The number of fused-ring (bicyclic) bond motifs is 4. The lowest BCUT2D eigenvalue weighted by molar-refractivity contribution is 0.685. The van der Waals surface area contributed by atoms with Crippen LogP contribution in [0.2, 0.25) is 5.02 Å². The molecule has 2 heterocycles. The Hall–Kier alpha value is -2.32. The molecule has 1 aromatic heterocycles. The van der Waals surface area contributed by atoms with Crippen LogP contribution in [0.15, 0.2) is 59.7 Å². The molecule has 0 radical (unpaired) electrons. The largest absolute Gasteiger partial charge is 0.315 e. The first-order chi connectivity index (χ1) is 12.3. The van der Waals surface area contributed by atoms with Crippen LogP contribution in [-0.4, -0.2) is 10.3 Å². The predicted octanol–water partition coefficient (Wildman–Crippen LogP) is 5.36. The fourth-order valence-electron chi connectivity index (χ4n) is 4.07. The van der Waals surface area contributed by atoms with E-state index in [0.717, 1.165) is 27.7 Å². The maximum atomic E-state index is 6.45. The molecule has 0 amide bonds. The molecule has 0 unspecified atom stereocenters. The van der Waals surface area contributed by atoms with Gasteiger partial charge in [-0.2, -0.15) is 0 Å². The van der Waals surface area contributed by atoms with Crippen molar-refractivity contribution in [1.82, 2.24) is 4.57 Å². The van der Waals surface area contributed by atoms with Crippen LogP contribution in [0.25, 0.3) is 5.69 Å². The van der Waals surface area contributed by atoms with E-state index in [-0.39, 0.29) is 0 Å². The molecule has 0 bridgehead atoms. The number of hydrogen-bond acceptors (Lipinski definition) is 1. The van der Waals surface area contributed by atoms with Crippen molar-refractivity contribution in [3.63, 3.8) is 0 Å². The van der Waals surface area contributed by atoms with Crippen LogP contribution in [0.3, 0.4) is 0 Å². The lowest BCUT2D eigenvalue weighted by Gasteiger charge is -2.17. The van der Waals surface area contributed by atoms with Crippen molar-refractivity contribution in [2.75, 3.05) is 0 Å². The molecule has 0 atom stereocenters. The molecule has 2 nitrogen and oxygen atoms in total. The number of rotatable bonds is 1. The molecule has 0 fully saturated rings. The van der Waals surface area contributed by atoms with Crippen LogP contribution in [0.5, 0.6) is 0 Å². The molecule has 3 heteroatoms. The molecule has 2 aromatic carbocycles. The maximum absolute atomic E-state index is 6.45. The van der Waals surface area contributed by atoms with Crippen molar-refractivity contribution in [2.24, 2.45) is 4.99 Å². The van der Waals surface area contributed by atoms with Gasteiger partial charge >= 0.3 is 0 Å². The quantitative estimate of drug-likeness (QED) is 0.564.